The molecule has 0 saturated carbocycles. The van der Waals surface area contributed by atoms with Crippen molar-refractivity contribution in [3.8, 4) is 11.1 Å². The predicted molar refractivity (Wildman–Crippen MR) is 127 cm³/mol. The number of nitrogens with zero attached hydrogens (tertiary/aromatic N) is 2. The number of carboxylic acids is 1. The zero-order valence-corrected chi connectivity index (χ0v) is 19.7. The number of carboxylic acid groups (broad SMARTS) is 1. The third-order valence-electron chi connectivity index (χ3n) is 6.72. The number of benzene rings is 2. The molecule has 34 heavy (non-hydrogen) atoms. The van der Waals surface area contributed by atoms with Gasteiger partial charge in [-0.1, -0.05) is 55.5 Å². The molecule has 4 rings (SSSR count). The largest absolute Gasteiger partial charge is 0.481 e. The fraction of sp³-hybridized carbons (Fsp3) is 0.423. The molecule has 0 spiro atoms. The van der Waals surface area contributed by atoms with Crippen molar-refractivity contribution in [1.29, 1.82) is 0 Å². The summed E-state index contributed by atoms with van der Waals surface area (Å²) in [5, 5.41) is 12.1. The highest BCUT2D eigenvalue weighted by atomic mass is 16.5. The summed E-state index contributed by atoms with van der Waals surface area (Å²) in [5.74, 6) is -2.01. The van der Waals surface area contributed by atoms with E-state index in [1.165, 1.54) is 4.90 Å². The number of amides is 2. The van der Waals surface area contributed by atoms with E-state index >= 15 is 0 Å². The molecule has 1 heterocycles. The van der Waals surface area contributed by atoms with Crippen LogP contribution in [0.3, 0.4) is 0 Å². The Labute approximate surface area is 199 Å². The highest BCUT2D eigenvalue weighted by molar-refractivity contribution is 5.87. The molecule has 0 radical (unpaired) electrons. The number of aliphatic carboxylic acids is 1. The maximum Gasteiger partial charge on any atom is 0.407 e. The average Bonchev–Trinajstić information content (AvgIpc) is 3.35. The average molecular weight is 466 g/mol. The molecule has 1 saturated heterocycles. The van der Waals surface area contributed by atoms with Crippen molar-refractivity contribution in [2.45, 2.75) is 18.9 Å². The molecule has 0 bridgehead atoms. The second-order valence-corrected chi connectivity index (χ2v) is 9.45. The minimum absolute atomic E-state index is 0.0723. The predicted octanol–water partition coefficient (Wildman–Crippen LogP) is 2.63. The first-order chi connectivity index (χ1) is 16.3. The number of likely N-dealkylation sites (tertiary alicyclic amines) is 1. The van der Waals surface area contributed by atoms with Crippen molar-refractivity contribution in [3.05, 3.63) is 59.7 Å². The molecule has 3 atom stereocenters. The van der Waals surface area contributed by atoms with Gasteiger partial charge in [0.1, 0.15) is 12.6 Å². The summed E-state index contributed by atoms with van der Waals surface area (Å²) in [4.78, 5) is 40.7. The van der Waals surface area contributed by atoms with E-state index in [0.29, 0.717) is 6.54 Å². The van der Waals surface area contributed by atoms with Gasteiger partial charge < -0.3 is 25.0 Å². The van der Waals surface area contributed by atoms with Crippen molar-refractivity contribution in [1.82, 2.24) is 15.1 Å². The van der Waals surface area contributed by atoms with Gasteiger partial charge in [-0.15, -0.1) is 0 Å². The van der Waals surface area contributed by atoms with Crippen LogP contribution in [0.25, 0.3) is 11.1 Å². The van der Waals surface area contributed by atoms with E-state index in [-0.39, 0.29) is 37.4 Å². The lowest BCUT2D eigenvalue weighted by Crippen LogP contribution is -2.52. The van der Waals surface area contributed by atoms with Gasteiger partial charge in [-0.3, -0.25) is 9.59 Å². The van der Waals surface area contributed by atoms with Gasteiger partial charge in [0.05, 0.1) is 5.92 Å². The maximum atomic E-state index is 13.2. The van der Waals surface area contributed by atoms with E-state index in [0.717, 1.165) is 22.3 Å². The summed E-state index contributed by atoms with van der Waals surface area (Å²) in [5.41, 5.74) is 4.51. The Balaban J connectivity index is 1.42. The molecule has 2 aliphatic rings. The zero-order valence-electron chi connectivity index (χ0n) is 19.7. The van der Waals surface area contributed by atoms with Crippen LogP contribution in [0.2, 0.25) is 0 Å². The molecule has 1 fully saturated rings. The van der Waals surface area contributed by atoms with E-state index < -0.39 is 24.0 Å². The molecule has 0 aromatic heterocycles. The maximum absolute atomic E-state index is 13.2. The first-order valence-electron chi connectivity index (χ1n) is 11.5. The SMILES string of the molecule is CC1CN(C(=O)C(CN(C)C)NC(=O)OCC2c3ccccc3-c3ccccc32)CC1C(=O)O. The molecule has 2 amide bonds. The molecule has 8 nitrogen and oxygen atoms in total. The highest BCUT2D eigenvalue weighted by Gasteiger charge is 2.39. The Morgan fingerprint density at radius 1 is 1.06 bits per heavy atom. The fourth-order valence-corrected chi connectivity index (χ4v) is 5.02. The topological polar surface area (TPSA) is 99.2 Å². The van der Waals surface area contributed by atoms with Crippen LogP contribution >= 0.6 is 0 Å². The molecule has 2 aromatic rings. The zero-order chi connectivity index (χ0) is 24.4. The number of rotatable bonds is 7. The van der Waals surface area contributed by atoms with Gasteiger partial charge in [-0.05, 0) is 42.3 Å². The lowest BCUT2D eigenvalue weighted by Gasteiger charge is -2.26. The first-order valence-corrected chi connectivity index (χ1v) is 11.5. The summed E-state index contributed by atoms with van der Waals surface area (Å²) < 4.78 is 5.61. The summed E-state index contributed by atoms with van der Waals surface area (Å²) in [6.07, 6.45) is -0.663. The second kappa shape index (κ2) is 9.85. The van der Waals surface area contributed by atoms with Crippen molar-refractivity contribution in [2.24, 2.45) is 11.8 Å². The summed E-state index contributed by atoms with van der Waals surface area (Å²) in [6, 6.07) is 15.4. The number of hydrogen-bond donors (Lipinski definition) is 2. The molecule has 2 aromatic carbocycles. The van der Waals surface area contributed by atoms with Gasteiger partial charge in [0.25, 0.3) is 0 Å². The van der Waals surface area contributed by atoms with Crippen molar-refractivity contribution in [3.63, 3.8) is 0 Å². The Morgan fingerprint density at radius 3 is 2.18 bits per heavy atom. The number of carbonyl (C=O) groups excluding carboxylic acids is 2. The van der Waals surface area contributed by atoms with E-state index in [1.807, 2.05) is 57.4 Å². The van der Waals surface area contributed by atoms with Crippen LogP contribution in [0.1, 0.15) is 24.0 Å². The van der Waals surface area contributed by atoms with Crippen LogP contribution in [0.4, 0.5) is 4.79 Å². The molecule has 1 aliphatic heterocycles. The van der Waals surface area contributed by atoms with Crippen molar-refractivity contribution < 1.29 is 24.2 Å². The van der Waals surface area contributed by atoms with Crippen LogP contribution in [-0.4, -0.2) is 79.3 Å². The number of carbonyl (C=O) groups is 3. The van der Waals surface area contributed by atoms with Crippen molar-refractivity contribution >= 4 is 18.0 Å². The lowest BCUT2D eigenvalue weighted by molar-refractivity contribution is -0.142. The summed E-state index contributed by atoms with van der Waals surface area (Å²) in [6.45, 7) is 2.76. The molecule has 3 unspecified atom stereocenters. The fourth-order valence-electron chi connectivity index (χ4n) is 5.02. The van der Waals surface area contributed by atoms with Gasteiger partial charge in [-0.2, -0.15) is 0 Å². The number of fused-ring (bicyclic) bond motifs is 3. The van der Waals surface area contributed by atoms with Gasteiger partial charge in [-0.25, -0.2) is 4.79 Å². The third kappa shape index (κ3) is 4.77. The van der Waals surface area contributed by atoms with E-state index in [2.05, 4.69) is 17.4 Å². The minimum atomic E-state index is -0.906. The summed E-state index contributed by atoms with van der Waals surface area (Å²) >= 11 is 0. The molecular weight excluding hydrogens is 434 g/mol. The Hall–Kier alpha value is -3.39. The Bertz CT molecular complexity index is 1040. The van der Waals surface area contributed by atoms with Gasteiger partial charge >= 0.3 is 12.1 Å². The number of ether oxygens (including phenoxy) is 1. The van der Waals surface area contributed by atoms with Crippen LogP contribution in [-0.2, 0) is 14.3 Å². The molecular formula is C26H31N3O5. The van der Waals surface area contributed by atoms with Gasteiger partial charge in [0.2, 0.25) is 5.91 Å². The summed E-state index contributed by atoms with van der Waals surface area (Å²) in [7, 11) is 3.62. The lowest BCUT2D eigenvalue weighted by atomic mass is 9.98. The van der Waals surface area contributed by atoms with E-state index in [4.69, 9.17) is 4.74 Å². The highest BCUT2D eigenvalue weighted by Crippen LogP contribution is 2.44. The van der Waals surface area contributed by atoms with E-state index in [9.17, 15) is 19.5 Å². The second-order valence-electron chi connectivity index (χ2n) is 9.45. The smallest absolute Gasteiger partial charge is 0.407 e. The normalized spacial score (nSPS) is 20.1. The first kappa shape index (κ1) is 23.8. The molecule has 180 valence electrons. The molecule has 1 aliphatic carbocycles. The molecule has 2 N–H and O–H groups in total. The number of hydrogen-bond acceptors (Lipinski definition) is 5. The van der Waals surface area contributed by atoms with Gasteiger partial charge in [0.15, 0.2) is 0 Å². The van der Waals surface area contributed by atoms with E-state index in [1.54, 1.807) is 4.90 Å². The number of likely N-dealkylation sites (N-methyl/N-ethyl adjacent to an activating group) is 1. The number of nitrogens with one attached hydrogen (secondary N) is 1. The Kier molecular flexibility index (Phi) is 6.88. The molecule has 8 heteroatoms. The minimum Gasteiger partial charge on any atom is -0.481 e. The van der Waals surface area contributed by atoms with Crippen LogP contribution < -0.4 is 5.32 Å². The van der Waals surface area contributed by atoms with Crippen molar-refractivity contribution in [2.75, 3.05) is 40.3 Å². The standard InChI is InChI=1S/C26H31N3O5/c1-16-12-29(13-21(16)25(31)32)24(30)23(14-28(2)3)27-26(33)34-15-22-19-10-6-4-8-17(19)18-9-5-7-11-20(18)22/h4-11,16,21-23H,12-15H2,1-3H3,(H,27,33)(H,31,32). The van der Waals surface area contributed by atoms with Crippen LogP contribution in [0.15, 0.2) is 48.5 Å². The van der Waals surface area contributed by atoms with Gasteiger partial charge in [0, 0.05) is 25.6 Å². The van der Waals surface area contributed by atoms with Crippen LogP contribution in [0.5, 0.6) is 0 Å². The quantitative estimate of drug-likeness (QED) is 0.652. The third-order valence-corrected chi connectivity index (χ3v) is 6.72. The van der Waals surface area contributed by atoms with Crippen LogP contribution in [0, 0.1) is 11.8 Å². The Morgan fingerprint density at radius 2 is 1.65 bits per heavy atom. The number of alkyl carbamates (subject to hydrolysis) is 1. The monoisotopic (exact) mass is 465 g/mol.